The number of carbonyl (C=O) groups is 1. The predicted octanol–water partition coefficient (Wildman–Crippen LogP) is 0.969. The Kier molecular flexibility index (Phi) is 4.11. The highest BCUT2D eigenvalue weighted by molar-refractivity contribution is 5.77. The summed E-state index contributed by atoms with van der Waals surface area (Å²) in [6, 6.07) is 1.52. The summed E-state index contributed by atoms with van der Waals surface area (Å²) in [5.41, 5.74) is 0. The van der Waals surface area contributed by atoms with E-state index in [0.717, 1.165) is 0 Å². The largest absolute Gasteiger partial charge is 0.390 e. The first-order valence-electron chi connectivity index (χ1n) is 3.16. The summed E-state index contributed by atoms with van der Waals surface area (Å²) in [6.45, 7) is -0.468. The van der Waals surface area contributed by atoms with Crippen molar-refractivity contribution in [2.75, 3.05) is 6.54 Å². The summed E-state index contributed by atoms with van der Waals surface area (Å²) in [5.74, 6) is -0.679. The summed E-state index contributed by atoms with van der Waals surface area (Å²) in [5, 5.41) is 9.92. The molecule has 0 aromatic carbocycles. The molecule has 6 heteroatoms. The number of halogens is 3. The van der Waals surface area contributed by atoms with E-state index in [-0.39, 0.29) is 0 Å². The Morgan fingerprint density at radius 1 is 1.50 bits per heavy atom. The number of alkyl halides is 3. The van der Waals surface area contributed by atoms with Crippen molar-refractivity contribution in [2.24, 2.45) is 0 Å². The molecule has 0 aliphatic carbocycles. The van der Waals surface area contributed by atoms with Crippen LogP contribution in [0.25, 0.3) is 0 Å². The van der Waals surface area contributed by atoms with Gasteiger partial charge in [-0.15, -0.1) is 0 Å². The smallest absolute Gasteiger partial charge is 0.355 e. The Morgan fingerprint density at radius 3 is 2.50 bits per heavy atom. The van der Waals surface area contributed by atoms with E-state index >= 15 is 0 Å². The summed E-state index contributed by atoms with van der Waals surface area (Å²) in [6.07, 6.45) is -5.73. The van der Waals surface area contributed by atoms with Gasteiger partial charge in [0.2, 0.25) is 5.91 Å². The van der Waals surface area contributed by atoms with Crippen LogP contribution >= 0.6 is 0 Å². The third kappa shape index (κ3) is 6.86. The number of hydrogen-bond acceptors (Lipinski definition) is 2. The van der Waals surface area contributed by atoms with Crippen molar-refractivity contribution in [3.63, 3.8) is 0 Å². The van der Waals surface area contributed by atoms with Gasteiger partial charge in [0.1, 0.15) is 6.42 Å². The molecule has 0 aromatic heterocycles. The van der Waals surface area contributed by atoms with Crippen molar-refractivity contribution in [3.05, 3.63) is 0 Å². The first-order valence-corrected chi connectivity index (χ1v) is 3.16. The second-order valence-electron chi connectivity index (χ2n) is 2.05. The van der Waals surface area contributed by atoms with Crippen LogP contribution in [0.3, 0.4) is 0 Å². The molecule has 0 spiro atoms. The molecule has 1 N–H and O–H groups in total. The quantitative estimate of drug-likeness (QED) is 0.703. The van der Waals surface area contributed by atoms with Gasteiger partial charge in [-0.25, -0.2) is 0 Å². The van der Waals surface area contributed by atoms with Gasteiger partial charge in [0, 0.05) is 6.54 Å². The molecular weight excluding hydrogens is 173 g/mol. The highest BCUT2D eigenvalue weighted by Crippen LogP contribution is 2.17. The van der Waals surface area contributed by atoms with Crippen LogP contribution in [-0.4, -0.2) is 18.6 Å². The molecular formula is C6H7F3N2O. The molecule has 0 bridgehead atoms. The third-order valence-electron chi connectivity index (χ3n) is 0.970. The molecule has 3 nitrogen and oxygen atoms in total. The lowest BCUT2D eigenvalue weighted by molar-refractivity contribution is -0.135. The molecule has 12 heavy (non-hydrogen) atoms. The number of nitrogens with zero attached hydrogens (tertiary/aromatic N) is 1. The zero-order chi connectivity index (χ0) is 9.61. The summed E-state index contributed by atoms with van der Waals surface area (Å²) in [4.78, 5) is 10.4. The highest BCUT2D eigenvalue weighted by Gasteiger charge is 2.26. The average Bonchev–Trinajstić information content (AvgIpc) is 1.84. The van der Waals surface area contributed by atoms with Crippen LogP contribution in [0.4, 0.5) is 13.2 Å². The van der Waals surface area contributed by atoms with Crippen LogP contribution < -0.4 is 5.32 Å². The van der Waals surface area contributed by atoms with Crippen molar-refractivity contribution in [3.8, 4) is 6.07 Å². The van der Waals surface area contributed by atoms with E-state index < -0.39 is 31.5 Å². The number of nitrogens with one attached hydrogen (secondary N) is 1. The lowest BCUT2D eigenvalue weighted by atomic mass is 10.4. The molecule has 0 aliphatic rings. The fourth-order valence-corrected chi connectivity index (χ4v) is 0.478. The molecule has 0 saturated heterocycles. The van der Waals surface area contributed by atoms with Crippen molar-refractivity contribution in [2.45, 2.75) is 19.0 Å². The topological polar surface area (TPSA) is 52.9 Å². The van der Waals surface area contributed by atoms with Gasteiger partial charge in [0.15, 0.2) is 0 Å². The average molecular weight is 180 g/mol. The van der Waals surface area contributed by atoms with E-state index in [1.165, 1.54) is 6.07 Å². The van der Waals surface area contributed by atoms with Crippen molar-refractivity contribution < 1.29 is 18.0 Å². The Hall–Kier alpha value is -1.25. The molecule has 68 valence electrons. The van der Waals surface area contributed by atoms with Gasteiger partial charge in [-0.2, -0.15) is 18.4 Å². The first kappa shape index (κ1) is 10.8. The summed E-state index contributed by atoms with van der Waals surface area (Å²) < 4.78 is 34.4. The van der Waals surface area contributed by atoms with Gasteiger partial charge < -0.3 is 5.32 Å². The van der Waals surface area contributed by atoms with Crippen LogP contribution in [0.5, 0.6) is 0 Å². The monoisotopic (exact) mass is 180 g/mol. The maximum Gasteiger partial charge on any atom is 0.390 e. The fourth-order valence-electron chi connectivity index (χ4n) is 0.478. The third-order valence-corrected chi connectivity index (χ3v) is 0.970. The second-order valence-corrected chi connectivity index (χ2v) is 2.05. The summed E-state index contributed by atoms with van der Waals surface area (Å²) >= 11 is 0. The normalized spacial score (nSPS) is 10.5. The fraction of sp³-hybridized carbons (Fsp3) is 0.667. The van der Waals surface area contributed by atoms with E-state index in [0.29, 0.717) is 0 Å². The van der Waals surface area contributed by atoms with Crippen LogP contribution in [0.1, 0.15) is 12.8 Å². The van der Waals surface area contributed by atoms with Crippen LogP contribution in [0, 0.1) is 11.3 Å². The van der Waals surface area contributed by atoms with Crippen LogP contribution in [0.2, 0.25) is 0 Å². The molecule has 0 unspecified atom stereocenters. The number of nitriles is 1. The van der Waals surface area contributed by atoms with Gasteiger partial charge in [0.05, 0.1) is 12.5 Å². The molecule has 0 rings (SSSR count). The molecule has 0 heterocycles. The van der Waals surface area contributed by atoms with E-state index in [1.54, 1.807) is 0 Å². The number of carbonyl (C=O) groups excluding carboxylic acids is 1. The van der Waals surface area contributed by atoms with Gasteiger partial charge in [0.25, 0.3) is 0 Å². The number of hydrogen-bond donors (Lipinski definition) is 1. The Morgan fingerprint density at radius 2 is 2.08 bits per heavy atom. The van der Waals surface area contributed by atoms with Crippen LogP contribution in [0.15, 0.2) is 0 Å². The number of amides is 1. The van der Waals surface area contributed by atoms with E-state index in [4.69, 9.17) is 5.26 Å². The zero-order valence-corrected chi connectivity index (χ0v) is 6.11. The van der Waals surface area contributed by atoms with Crippen molar-refractivity contribution >= 4 is 5.91 Å². The first-order chi connectivity index (χ1) is 5.45. The van der Waals surface area contributed by atoms with Crippen molar-refractivity contribution in [1.82, 2.24) is 5.32 Å². The Bertz CT molecular complexity index is 194. The zero-order valence-electron chi connectivity index (χ0n) is 6.11. The van der Waals surface area contributed by atoms with Gasteiger partial charge in [-0.05, 0) is 0 Å². The molecule has 0 aromatic rings. The molecule has 0 atom stereocenters. The van der Waals surface area contributed by atoms with Gasteiger partial charge in [-0.3, -0.25) is 4.79 Å². The minimum Gasteiger partial charge on any atom is -0.355 e. The lowest BCUT2D eigenvalue weighted by Gasteiger charge is -2.05. The number of rotatable bonds is 3. The van der Waals surface area contributed by atoms with Gasteiger partial charge in [-0.1, -0.05) is 0 Å². The molecule has 0 aliphatic heterocycles. The summed E-state index contributed by atoms with van der Waals surface area (Å²) in [7, 11) is 0. The molecule has 0 fully saturated rings. The second kappa shape index (κ2) is 4.59. The molecule has 0 radical (unpaired) electrons. The Balaban J connectivity index is 3.45. The van der Waals surface area contributed by atoms with Crippen LogP contribution in [-0.2, 0) is 4.79 Å². The minimum atomic E-state index is -4.26. The molecule has 1 amide bonds. The SMILES string of the molecule is N#CCC(=O)NCCC(F)(F)F. The lowest BCUT2D eigenvalue weighted by Crippen LogP contribution is -2.27. The standard InChI is InChI=1S/C6H7F3N2O/c7-6(8,9)2-4-11-5(12)1-3-10/h1-2,4H2,(H,11,12). The highest BCUT2D eigenvalue weighted by atomic mass is 19.4. The Labute approximate surface area is 67.2 Å². The van der Waals surface area contributed by atoms with E-state index in [1.807, 2.05) is 5.32 Å². The molecule has 0 saturated carbocycles. The predicted molar refractivity (Wildman–Crippen MR) is 33.9 cm³/mol. The van der Waals surface area contributed by atoms with E-state index in [9.17, 15) is 18.0 Å². The minimum absolute atomic E-state index is 0.405. The van der Waals surface area contributed by atoms with E-state index in [2.05, 4.69) is 0 Å². The maximum absolute atomic E-state index is 11.5. The van der Waals surface area contributed by atoms with Gasteiger partial charge >= 0.3 is 6.18 Å². The maximum atomic E-state index is 11.5. The van der Waals surface area contributed by atoms with Crippen molar-refractivity contribution in [1.29, 1.82) is 5.26 Å².